The lowest BCUT2D eigenvalue weighted by atomic mass is 9.95. The number of hydrogen-bond donors (Lipinski definition) is 1. The molecule has 3 rings (SSSR count). The van der Waals surface area contributed by atoms with Crippen LogP contribution in [0.3, 0.4) is 0 Å². The molecule has 1 saturated heterocycles. The molecule has 2 fully saturated rings. The zero-order valence-electron chi connectivity index (χ0n) is 11.7. The average Bonchev–Trinajstić information content (AvgIpc) is 3.13. The number of nitrogens with zero attached hydrogens (tertiary/aromatic N) is 1. The highest BCUT2D eigenvalue weighted by molar-refractivity contribution is 7.10. The van der Waals surface area contributed by atoms with Crippen molar-refractivity contribution in [1.82, 2.24) is 10.2 Å². The van der Waals surface area contributed by atoms with Gasteiger partial charge in [-0.3, -0.25) is 9.59 Å². The molecule has 2 amide bonds. The Labute approximate surface area is 123 Å². The third-order valence-corrected chi connectivity index (χ3v) is 5.23. The summed E-state index contributed by atoms with van der Waals surface area (Å²) in [4.78, 5) is 27.1. The topological polar surface area (TPSA) is 49.4 Å². The van der Waals surface area contributed by atoms with E-state index in [1.165, 1.54) is 17.7 Å². The van der Waals surface area contributed by atoms with Gasteiger partial charge in [0, 0.05) is 30.8 Å². The van der Waals surface area contributed by atoms with Crippen molar-refractivity contribution in [2.24, 2.45) is 11.8 Å². The summed E-state index contributed by atoms with van der Waals surface area (Å²) in [5.74, 6) is 0.562. The molecule has 2 atom stereocenters. The van der Waals surface area contributed by atoms with Crippen LogP contribution in [0.2, 0.25) is 0 Å². The first kappa shape index (κ1) is 13.6. The molecule has 1 aliphatic carbocycles. The number of likely N-dealkylation sites (tertiary alicyclic amines) is 1. The fourth-order valence-electron chi connectivity index (χ4n) is 2.76. The fraction of sp³-hybridized carbons (Fsp3) is 0.600. The van der Waals surface area contributed by atoms with Crippen LogP contribution in [0.5, 0.6) is 0 Å². The van der Waals surface area contributed by atoms with E-state index in [2.05, 4.69) is 16.8 Å². The number of nitrogens with one attached hydrogen (secondary N) is 1. The van der Waals surface area contributed by atoms with E-state index in [0.717, 1.165) is 6.42 Å². The van der Waals surface area contributed by atoms with Crippen molar-refractivity contribution >= 4 is 23.2 Å². The van der Waals surface area contributed by atoms with Crippen molar-refractivity contribution in [3.8, 4) is 0 Å². The summed E-state index contributed by atoms with van der Waals surface area (Å²) in [7, 11) is 1.80. The van der Waals surface area contributed by atoms with Crippen LogP contribution in [0, 0.1) is 11.8 Å². The summed E-state index contributed by atoms with van der Waals surface area (Å²) >= 11 is 1.70. The van der Waals surface area contributed by atoms with Crippen molar-refractivity contribution in [2.45, 2.75) is 31.7 Å². The molecule has 1 aromatic rings. The van der Waals surface area contributed by atoms with E-state index in [9.17, 15) is 9.59 Å². The lowest BCUT2D eigenvalue weighted by Crippen LogP contribution is -2.43. The molecule has 2 aliphatic rings. The summed E-state index contributed by atoms with van der Waals surface area (Å²) in [6.45, 7) is 0.685. The smallest absolute Gasteiger partial charge is 0.224 e. The lowest BCUT2D eigenvalue weighted by Gasteiger charge is -2.29. The third-order valence-electron chi connectivity index (χ3n) is 4.27. The van der Waals surface area contributed by atoms with E-state index >= 15 is 0 Å². The van der Waals surface area contributed by atoms with Gasteiger partial charge in [0.15, 0.2) is 0 Å². The number of thiophene rings is 1. The molecular weight excluding hydrogens is 272 g/mol. The van der Waals surface area contributed by atoms with Gasteiger partial charge in [-0.1, -0.05) is 6.07 Å². The Balaban J connectivity index is 1.64. The van der Waals surface area contributed by atoms with Gasteiger partial charge in [0.25, 0.3) is 0 Å². The molecule has 2 heterocycles. The Morgan fingerprint density at radius 2 is 2.25 bits per heavy atom. The van der Waals surface area contributed by atoms with Crippen LogP contribution in [0.1, 0.15) is 36.6 Å². The van der Waals surface area contributed by atoms with Crippen LogP contribution in [0.4, 0.5) is 0 Å². The van der Waals surface area contributed by atoms with Gasteiger partial charge in [0.05, 0.1) is 6.04 Å². The number of piperidine rings is 1. The number of amides is 2. The monoisotopic (exact) mass is 292 g/mol. The van der Waals surface area contributed by atoms with Crippen molar-refractivity contribution < 1.29 is 9.59 Å². The number of carbonyl (C=O) groups is 2. The Bertz CT molecular complexity index is 496. The minimum Gasteiger partial charge on any atom is -0.348 e. The SMILES string of the molecule is CN1CC[C@H](C(=O)N[C@@H](c2cccs2)C2CC2)CC1=O. The maximum Gasteiger partial charge on any atom is 0.224 e. The quantitative estimate of drug-likeness (QED) is 0.924. The molecule has 0 radical (unpaired) electrons. The first-order valence-electron chi connectivity index (χ1n) is 7.23. The number of hydrogen-bond acceptors (Lipinski definition) is 3. The average molecular weight is 292 g/mol. The molecule has 1 N–H and O–H groups in total. The minimum atomic E-state index is -0.153. The van der Waals surface area contributed by atoms with Gasteiger partial charge >= 0.3 is 0 Å². The molecule has 1 saturated carbocycles. The molecule has 0 bridgehead atoms. The van der Waals surface area contributed by atoms with E-state index < -0.39 is 0 Å². The van der Waals surface area contributed by atoms with Gasteiger partial charge in [-0.05, 0) is 36.6 Å². The van der Waals surface area contributed by atoms with Gasteiger partial charge in [-0.25, -0.2) is 0 Å². The highest BCUT2D eigenvalue weighted by Gasteiger charge is 2.36. The van der Waals surface area contributed by atoms with Gasteiger partial charge < -0.3 is 10.2 Å². The molecule has 4 nitrogen and oxygen atoms in total. The summed E-state index contributed by atoms with van der Waals surface area (Å²) in [6, 6.07) is 4.27. The molecule has 108 valence electrons. The minimum absolute atomic E-state index is 0.0525. The van der Waals surface area contributed by atoms with Gasteiger partial charge in [-0.2, -0.15) is 0 Å². The first-order valence-corrected chi connectivity index (χ1v) is 8.11. The molecule has 1 aromatic heterocycles. The lowest BCUT2D eigenvalue weighted by molar-refractivity contribution is -0.139. The Morgan fingerprint density at radius 1 is 1.45 bits per heavy atom. The molecule has 0 aromatic carbocycles. The van der Waals surface area contributed by atoms with E-state index in [1.807, 2.05) is 6.07 Å². The number of rotatable bonds is 4. The summed E-state index contributed by atoms with van der Waals surface area (Å²) in [6.07, 6.45) is 3.50. The number of carbonyl (C=O) groups excluding carboxylic acids is 2. The second-order valence-corrected chi connectivity index (χ2v) is 6.82. The second-order valence-electron chi connectivity index (χ2n) is 5.84. The van der Waals surface area contributed by atoms with Gasteiger partial charge in [0.1, 0.15) is 0 Å². The van der Waals surface area contributed by atoms with Gasteiger partial charge in [-0.15, -0.1) is 11.3 Å². The van der Waals surface area contributed by atoms with E-state index in [4.69, 9.17) is 0 Å². The maximum atomic E-state index is 12.4. The Hall–Kier alpha value is -1.36. The third kappa shape index (κ3) is 2.87. The van der Waals surface area contributed by atoms with Crippen LogP contribution < -0.4 is 5.32 Å². The molecule has 0 unspecified atom stereocenters. The fourth-order valence-corrected chi connectivity index (χ4v) is 3.63. The van der Waals surface area contributed by atoms with E-state index in [-0.39, 0.29) is 23.8 Å². The summed E-state index contributed by atoms with van der Waals surface area (Å²) < 4.78 is 0. The molecule has 1 aliphatic heterocycles. The molecule has 0 spiro atoms. The predicted molar refractivity (Wildman–Crippen MR) is 78.3 cm³/mol. The van der Waals surface area contributed by atoms with Crippen LogP contribution >= 0.6 is 11.3 Å². The highest BCUT2D eigenvalue weighted by atomic mass is 32.1. The van der Waals surface area contributed by atoms with Crippen molar-refractivity contribution in [1.29, 1.82) is 0 Å². The predicted octanol–water partition coefficient (Wildman–Crippen LogP) is 2.18. The zero-order valence-corrected chi connectivity index (χ0v) is 12.5. The van der Waals surface area contributed by atoms with Crippen LogP contribution in [-0.2, 0) is 9.59 Å². The van der Waals surface area contributed by atoms with Crippen molar-refractivity contribution in [2.75, 3.05) is 13.6 Å². The zero-order chi connectivity index (χ0) is 14.1. The highest BCUT2D eigenvalue weighted by Crippen LogP contribution is 2.42. The van der Waals surface area contributed by atoms with E-state index in [1.54, 1.807) is 23.3 Å². The maximum absolute atomic E-state index is 12.4. The Morgan fingerprint density at radius 3 is 2.85 bits per heavy atom. The second kappa shape index (κ2) is 5.56. The summed E-state index contributed by atoms with van der Waals surface area (Å²) in [5.41, 5.74) is 0. The normalized spacial score (nSPS) is 24.6. The molecule has 20 heavy (non-hydrogen) atoms. The van der Waals surface area contributed by atoms with Gasteiger partial charge in [0.2, 0.25) is 11.8 Å². The van der Waals surface area contributed by atoms with Crippen LogP contribution in [-0.4, -0.2) is 30.3 Å². The van der Waals surface area contributed by atoms with E-state index in [0.29, 0.717) is 18.9 Å². The molecule has 5 heteroatoms. The molecular formula is C15H20N2O2S. The van der Waals surface area contributed by atoms with Crippen LogP contribution in [0.15, 0.2) is 17.5 Å². The standard InChI is InChI=1S/C15H20N2O2S/c1-17-7-6-11(9-13(17)18)15(19)16-14(10-4-5-10)12-3-2-8-20-12/h2-3,8,10-11,14H,4-7,9H2,1H3,(H,16,19)/t11-,14+/m0/s1. The largest absolute Gasteiger partial charge is 0.348 e. The summed E-state index contributed by atoms with van der Waals surface area (Å²) in [5, 5.41) is 5.24. The Kier molecular flexibility index (Phi) is 3.78. The van der Waals surface area contributed by atoms with Crippen LogP contribution in [0.25, 0.3) is 0 Å². The van der Waals surface area contributed by atoms with Crippen molar-refractivity contribution in [3.05, 3.63) is 22.4 Å². The van der Waals surface area contributed by atoms with Crippen molar-refractivity contribution in [3.63, 3.8) is 0 Å². The first-order chi connectivity index (χ1) is 9.65.